The molecule has 0 radical (unpaired) electrons. The molecular formula is C22H30O14. The molecule has 1 rings (SSSR count). The molecule has 0 unspecified atom stereocenters. The number of aliphatic carboxylic acids is 4. The molecule has 0 fully saturated rings. The van der Waals surface area contributed by atoms with Crippen molar-refractivity contribution in [3.63, 3.8) is 0 Å². The summed E-state index contributed by atoms with van der Waals surface area (Å²) < 4.78 is 0. The van der Waals surface area contributed by atoms with Gasteiger partial charge in [0.25, 0.3) is 0 Å². The van der Waals surface area contributed by atoms with Crippen LogP contribution in [0.2, 0.25) is 0 Å². The van der Waals surface area contributed by atoms with Gasteiger partial charge in [0.1, 0.15) is 0 Å². The maximum atomic E-state index is 10.5. The van der Waals surface area contributed by atoms with Gasteiger partial charge in [-0.05, 0) is 31.4 Å². The van der Waals surface area contributed by atoms with Crippen LogP contribution in [0.5, 0.6) is 0 Å². The highest BCUT2D eigenvalue weighted by atomic mass is 16.5. The Morgan fingerprint density at radius 2 is 1.03 bits per heavy atom. The monoisotopic (exact) mass is 518 g/mol. The zero-order valence-corrected chi connectivity index (χ0v) is 19.3. The van der Waals surface area contributed by atoms with Crippen LogP contribution in [0.1, 0.15) is 66.2 Å². The highest BCUT2D eigenvalue weighted by molar-refractivity contribution is 6.01. The molecule has 0 aliphatic carbocycles. The predicted molar refractivity (Wildman–Crippen MR) is 122 cm³/mol. The Kier molecular flexibility index (Phi) is 22.7. The van der Waals surface area contributed by atoms with E-state index >= 15 is 0 Å². The molecule has 0 heterocycles. The molecule has 0 saturated heterocycles. The second kappa shape index (κ2) is 22.5. The first-order valence-corrected chi connectivity index (χ1v) is 10.1. The third-order valence-corrected chi connectivity index (χ3v) is 3.33. The minimum Gasteiger partial charge on any atom is -0.481 e. The van der Waals surface area contributed by atoms with Crippen LogP contribution < -0.4 is 0 Å². The van der Waals surface area contributed by atoms with Crippen molar-refractivity contribution < 1.29 is 69.6 Å². The Morgan fingerprint density at radius 3 is 1.19 bits per heavy atom. The van der Waals surface area contributed by atoms with E-state index in [0.29, 0.717) is 31.4 Å². The molecule has 8 N–H and O–H groups in total. The number of unbranched alkanes of at least 4 members (excludes halogenated alkanes) is 1. The first kappa shape index (κ1) is 36.3. The molecule has 14 heteroatoms. The van der Waals surface area contributed by atoms with Crippen LogP contribution >= 0.6 is 0 Å². The Hall–Kier alpha value is -4.30. The number of aliphatic hydroxyl groups is 2. The van der Waals surface area contributed by atoms with Crippen LogP contribution in [-0.4, -0.2) is 83.0 Å². The Labute approximate surface area is 205 Å². The quantitative estimate of drug-likeness (QED) is 0.117. The fourth-order valence-corrected chi connectivity index (χ4v) is 1.81. The summed E-state index contributed by atoms with van der Waals surface area (Å²) in [5, 5.41) is 65.2. The normalized spacial score (nSPS) is 9.44. The third-order valence-electron chi connectivity index (χ3n) is 3.33. The van der Waals surface area contributed by atoms with E-state index in [-0.39, 0.29) is 24.0 Å². The molecule has 202 valence electrons. The summed E-state index contributed by atoms with van der Waals surface area (Å²) in [5.41, 5.74) is -0.380. The van der Waals surface area contributed by atoms with Crippen molar-refractivity contribution in [1.29, 1.82) is 0 Å². The van der Waals surface area contributed by atoms with Crippen molar-refractivity contribution in [2.75, 3.05) is 0 Å². The van der Waals surface area contributed by atoms with E-state index in [4.69, 9.17) is 40.9 Å². The van der Waals surface area contributed by atoms with Crippen LogP contribution in [0.4, 0.5) is 0 Å². The number of hydrogen-bond donors (Lipinski definition) is 8. The summed E-state index contributed by atoms with van der Waals surface area (Å²) in [5.74, 6) is -6.71. The summed E-state index contributed by atoms with van der Waals surface area (Å²) in [6.07, 6.45) is 2.35. The Bertz CT molecular complexity index is 808. The summed E-state index contributed by atoms with van der Waals surface area (Å²) in [4.78, 5) is 59.8. The standard InChI is InChI=1S/C8H6O4.C6H10O4.C4H4O4.C4H10O2/c9-7(10)5-3-1-2-4-6(5)8(11)12;7-5(8)3-1-2-4-6(9)10;5-3(6)1-2-4(7)8;1-2-3-4(5)6/h1-4H,(H,9,10)(H,11,12);1-4H2,(H,7,8)(H,9,10);1-2H,(H,5,6)(H,7,8);4-6H,2-3H2,1H3/b;;2-1-;. The van der Waals surface area contributed by atoms with Crippen LogP contribution in [-0.2, 0) is 19.2 Å². The van der Waals surface area contributed by atoms with Crippen molar-refractivity contribution in [3.05, 3.63) is 47.5 Å². The molecule has 36 heavy (non-hydrogen) atoms. The van der Waals surface area contributed by atoms with Gasteiger partial charge in [0.05, 0.1) is 11.1 Å². The van der Waals surface area contributed by atoms with Gasteiger partial charge in [-0.2, -0.15) is 0 Å². The van der Waals surface area contributed by atoms with E-state index in [1.54, 1.807) is 0 Å². The van der Waals surface area contributed by atoms with Gasteiger partial charge in [-0.25, -0.2) is 19.2 Å². The molecule has 0 aromatic heterocycles. The lowest BCUT2D eigenvalue weighted by molar-refractivity contribution is -0.139. The van der Waals surface area contributed by atoms with Gasteiger partial charge < -0.3 is 40.9 Å². The first-order chi connectivity index (χ1) is 16.6. The zero-order valence-electron chi connectivity index (χ0n) is 19.3. The average Bonchev–Trinajstić information content (AvgIpc) is 2.76. The summed E-state index contributed by atoms with van der Waals surface area (Å²) in [6.45, 7) is 1.90. The smallest absolute Gasteiger partial charge is 0.336 e. The second-order valence-corrected chi connectivity index (χ2v) is 6.43. The molecule has 14 nitrogen and oxygen atoms in total. The van der Waals surface area contributed by atoms with E-state index < -0.39 is 42.1 Å². The fraction of sp³-hybridized carbons (Fsp3) is 0.364. The highest BCUT2D eigenvalue weighted by Gasteiger charge is 2.13. The number of carbonyl (C=O) groups is 6. The van der Waals surface area contributed by atoms with Crippen molar-refractivity contribution in [2.24, 2.45) is 0 Å². The molecule has 0 spiro atoms. The lowest BCUT2D eigenvalue weighted by Crippen LogP contribution is -2.06. The molecule has 1 aromatic carbocycles. The maximum absolute atomic E-state index is 10.5. The summed E-state index contributed by atoms with van der Waals surface area (Å²) >= 11 is 0. The first-order valence-electron chi connectivity index (χ1n) is 10.1. The minimum absolute atomic E-state index is 0.0628. The largest absolute Gasteiger partial charge is 0.481 e. The van der Waals surface area contributed by atoms with Gasteiger partial charge in [0, 0.05) is 25.0 Å². The molecule has 0 bridgehead atoms. The van der Waals surface area contributed by atoms with Crippen LogP contribution in [0, 0.1) is 0 Å². The SMILES string of the molecule is CCCC(O)O.O=C(O)/C=C\C(=O)O.O=C(O)CCCCC(=O)O.O=C(O)c1ccccc1C(=O)O. The number of aliphatic hydroxyl groups excluding tert-OH is 1. The lowest BCUT2D eigenvalue weighted by atomic mass is 10.1. The number of hydrogen-bond acceptors (Lipinski definition) is 8. The van der Waals surface area contributed by atoms with Gasteiger partial charge >= 0.3 is 35.8 Å². The van der Waals surface area contributed by atoms with E-state index in [1.165, 1.54) is 24.3 Å². The van der Waals surface area contributed by atoms with Gasteiger partial charge in [0.2, 0.25) is 0 Å². The Morgan fingerprint density at radius 1 is 0.694 bits per heavy atom. The van der Waals surface area contributed by atoms with E-state index in [2.05, 4.69) is 0 Å². The zero-order chi connectivity index (χ0) is 28.7. The maximum Gasteiger partial charge on any atom is 0.336 e. The number of rotatable bonds is 11. The summed E-state index contributed by atoms with van der Waals surface area (Å²) in [6, 6.07) is 5.48. The second-order valence-electron chi connectivity index (χ2n) is 6.43. The van der Waals surface area contributed by atoms with Gasteiger partial charge in [0.15, 0.2) is 6.29 Å². The number of aromatic carboxylic acids is 2. The van der Waals surface area contributed by atoms with Crippen LogP contribution in [0.3, 0.4) is 0 Å². The van der Waals surface area contributed by atoms with Crippen molar-refractivity contribution in [3.8, 4) is 0 Å². The number of carboxylic acid groups (broad SMARTS) is 6. The molecule has 0 saturated carbocycles. The molecule has 0 aliphatic heterocycles. The van der Waals surface area contributed by atoms with E-state index in [0.717, 1.165) is 6.42 Å². The lowest BCUT2D eigenvalue weighted by Gasteiger charge is -1.98. The van der Waals surface area contributed by atoms with Gasteiger partial charge in [-0.3, -0.25) is 9.59 Å². The van der Waals surface area contributed by atoms with Gasteiger partial charge in [-0.15, -0.1) is 0 Å². The average molecular weight is 518 g/mol. The van der Waals surface area contributed by atoms with Crippen molar-refractivity contribution in [2.45, 2.75) is 51.7 Å². The van der Waals surface area contributed by atoms with Crippen molar-refractivity contribution >= 4 is 35.8 Å². The topological polar surface area (TPSA) is 264 Å². The number of carboxylic acids is 6. The molecule has 0 atom stereocenters. The van der Waals surface area contributed by atoms with Crippen LogP contribution in [0.25, 0.3) is 0 Å². The molecule has 0 aliphatic rings. The van der Waals surface area contributed by atoms with Crippen molar-refractivity contribution in [1.82, 2.24) is 0 Å². The molecule has 1 aromatic rings. The third kappa shape index (κ3) is 27.7. The predicted octanol–water partition coefficient (Wildman–Crippen LogP) is 1.61. The van der Waals surface area contributed by atoms with E-state index in [1.807, 2.05) is 6.92 Å². The molecular weight excluding hydrogens is 488 g/mol. The Balaban J connectivity index is -0.000000417. The highest BCUT2D eigenvalue weighted by Crippen LogP contribution is 2.07. The number of benzene rings is 1. The van der Waals surface area contributed by atoms with Gasteiger partial charge in [-0.1, -0.05) is 25.5 Å². The molecule has 0 amide bonds. The van der Waals surface area contributed by atoms with Crippen LogP contribution in [0.15, 0.2) is 36.4 Å². The van der Waals surface area contributed by atoms with E-state index in [9.17, 15) is 28.8 Å². The minimum atomic E-state index is -1.26. The fourth-order valence-electron chi connectivity index (χ4n) is 1.81. The summed E-state index contributed by atoms with van der Waals surface area (Å²) in [7, 11) is 0.